The molecular weight excluding hydrogens is 416 g/mol. The zero-order valence-electron chi connectivity index (χ0n) is 13.0. The molecule has 0 atom stereocenters. The lowest BCUT2D eigenvalue weighted by Crippen LogP contribution is -2.24. The van der Waals surface area contributed by atoms with Crippen molar-refractivity contribution in [3.63, 3.8) is 0 Å². The molecule has 0 N–H and O–H groups in total. The van der Waals surface area contributed by atoms with E-state index < -0.39 is 11.6 Å². The van der Waals surface area contributed by atoms with E-state index >= 15 is 0 Å². The van der Waals surface area contributed by atoms with Gasteiger partial charge in [-0.05, 0) is 35.0 Å². The van der Waals surface area contributed by atoms with Crippen LogP contribution in [0.15, 0.2) is 39.0 Å². The van der Waals surface area contributed by atoms with Crippen molar-refractivity contribution in [3.05, 3.63) is 72.5 Å². The molecule has 9 heteroatoms. The third-order valence-corrected chi connectivity index (χ3v) is 4.88. The highest BCUT2D eigenvalue weighted by Gasteiger charge is 2.13. The topological polar surface area (TPSA) is 57.0 Å². The minimum Gasteiger partial charge on any atom is -0.486 e. The number of rotatable bonds is 5. The van der Waals surface area contributed by atoms with E-state index in [4.69, 9.17) is 4.74 Å². The minimum atomic E-state index is -0.712. The van der Waals surface area contributed by atoms with Crippen molar-refractivity contribution in [2.75, 3.05) is 0 Å². The van der Waals surface area contributed by atoms with Gasteiger partial charge in [0.15, 0.2) is 5.75 Å². The fourth-order valence-corrected chi connectivity index (χ4v) is 3.12. The van der Waals surface area contributed by atoms with Crippen LogP contribution in [0.5, 0.6) is 5.75 Å². The SMILES string of the molecule is Cc1nc(Cn2ncc(OCc3ccc(F)cc3F)c(Br)c2=O)cs1. The first kappa shape index (κ1) is 17.7. The summed E-state index contributed by atoms with van der Waals surface area (Å²) in [4.78, 5) is 16.6. The molecule has 2 aromatic heterocycles. The van der Waals surface area contributed by atoms with Crippen LogP contribution in [-0.2, 0) is 13.2 Å². The van der Waals surface area contributed by atoms with Gasteiger partial charge in [0.25, 0.3) is 5.56 Å². The number of aromatic nitrogens is 3. The van der Waals surface area contributed by atoms with E-state index in [0.717, 1.165) is 22.8 Å². The Morgan fingerprint density at radius 2 is 2.16 bits per heavy atom. The van der Waals surface area contributed by atoms with Crippen molar-refractivity contribution in [3.8, 4) is 5.75 Å². The van der Waals surface area contributed by atoms with Crippen LogP contribution in [0.25, 0.3) is 0 Å². The molecule has 0 unspecified atom stereocenters. The summed E-state index contributed by atoms with van der Waals surface area (Å²) in [5, 5.41) is 6.82. The molecule has 0 aliphatic rings. The standard InChI is InChI=1S/C16H12BrF2N3O2S/c1-9-21-12(8-25-9)6-22-16(23)15(17)14(5-20-22)24-7-10-2-3-11(18)4-13(10)19/h2-5,8H,6-7H2,1H3. The fraction of sp³-hybridized carbons (Fsp3) is 0.188. The van der Waals surface area contributed by atoms with Crippen LogP contribution < -0.4 is 10.3 Å². The quantitative estimate of drug-likeness (QED) is 0.623. The van der Waals surface area contributed by atoms with Gasteiger partial charge >= 0.3 is 0 Å². The smallest absolute Gasteiger partial charge is 0.285 e. The minimum absolute atomic E-state index is 0.152. The van der Waals surface area contributed by atoms with Crippen molar-refractivity contribution in [1.82, 2.24) is 14.8 Å². The van der Waals surface area contributed by atoms with Gasteiger partial charge in [-0.1, -0.05) is 0 Å². The first-order chi connectivity index (χ1) is 11.9. The molecule has 0 aliphatic carbocycles. The first-order valence-electron chi connectivity index (χ1n) is 7.17. The number of thiazole rings is 1. The Morgan fingerprint density at radius 1 is 1.36 bits per heavy atom. The summed E-state index contributed by atoms with van der Waals surface area (Å²) in [5.41, 5.74) is 0.532. The molecule has 0 fully saturated rings. The van der Waals surface area contributed by atoms with Crippen molar-refractivity contribution in [1.29, 1.82) is 0 Å². The Kier molecular flexibility index (Phi) is 5.24. The normalized spacial score (nSPS) is 10.9. The lowest BCUT2D eigenvalue weighted by molar-refractivity contribution is 0.293. The molecule has 0 aliphatic heterocycles. The number of hydrogen-bond donors (Lipinski definition) is 0. The van der Waals surface area contributed by atoms with Crippen molar-refractivity contribution < 1.29 is 13.5 Å². The molecule has 130 valence electrons. The molecule has 0 saturated heterocycles. The van der Waals surface area contributed by atoms with Crippen LogP contribution in [0, 0.1) is 18.6 Å². The third-order valence-electron chi connectivity index (χ3n) is 3.33. The van der Waals surface area contributed by atoms with Gasteiger partial charge in [0.2, 0.25) is 0 Å². The van der Waals surface area contributed by atoms with Gasteiger partial charge in [-0.3, -0.25) is 4.79 Å². The number of benzene rings is 1. The average Bonchev–Trinajstić information content (AvgIpc) is 2.98. The van der Waals surface area contributed by atoms with Gasteiger partial charge in [-0.2, -0.15) is 5.10 Å². The van der Waals surface area contributed by atoms with E-state index in [1.807, 2.05) is 12.3 Å². The molecule has 0 bridgehead atoms. The number of aryl methyl sites for hydroxylation is 1. The average molecular weight is 428 g/mol. The van der Waals surface area contributed by atoms with Gasteiger partial charge in [0, 0.05) is 17.0 Å². The lowest BCUT2D eigenvalue weighted by Gasteiger charge is -2.10. The van der Waals surface area contributed by atoms with Crippen LogP contribution >= 0.6 is 27.3 Å². The molecule has 2 heterocycles. The Bertz CT molecular complexity index is 974. The molecule has 3 rings (SSSR count). The molecule has 0 radical (unpaired) electrons. The summed E-state index contributed by atoms with van der Waals surface area (Å²) in [6.45, 7) is 1.97. The molecule has 0 amide bonds. The predicted molar refractivity (Wildman–Crippen MR) is 92.8 cm³/mol. The van der Waals surface area contributed by atoms with Crippen molar-refractivity contribution in [2.45, 2.75) is 20.1 Å². The molecule has 0 saturated carbocycles. The lowest BCUT2D eigenvalue weighted by atomic mass is 10.2. The van der Waals surface area contributed by atoms with E-state index in [9.17, 15) is 13.6 Å². The van der Waals surface area contributed by atoms with Crippen LogP contribution in [0.3, 0.4) is 0 Å². The highest BCUT2D eigenvalue weighted by Crippen LogP contribution is 2.21. The number of hydrogen-bond acceptors (Lipinski definition) is 5. The van der Waals surface area contributed by atoms with Crippen LogP contribution in [-0.4, -0.2) is 14.8 Å². The summed E-state index contributed by atoms with van der Waals surface area (Å²) in [7, 11) is 0. The zero-order valence-corrected chi connectivity index (χ0v) is 15.4. The number of ether oxygens (including phenoxy) is 1. The summed E-state index contributed by atoms with van der Waals surface area (Å²) in [6, 6.07) is 3.21. The van der Waals surface area contributed by atoms with Gasteiger partial charge < -0.3 is 4.74 Å². The second-order valence-corrected chi connectivity index (χ2v) is 7.02. The van der Waals surface area contributed by atoms with Gasteiger partial charge in [0.1, 0.15) is 22.7 Å². The van der Waals surface area contributed by atoms with E-state index in [1.165, 1.54) is 28.3 Å². The van der Waals surface area contributed by atoms with Gasteiger partial charge in [0.05, 0.1) is 23.4 Å². The highest BCUT2D eigenvalue weighted by molar-refractivity contribution is 9.10. The Morgan fingerprint density at radius 3 is 2.84 bits per heavy atom. The zero-order chi connectivity index (χ0) is 18.0. The summed E-state index contributed by atoms with van der Waals surface area (Å²) >= 11 is 4.68. The van der Waals surface area contributed by atoms with E-state index in [0.29, 0.717) is 0 Å². The fourth-order valence-electron chi connectivity index (χ4n) is 2.09. The van der Waals surface area contributed by atoms with Gasteiger partial charge in [-0.25, -0.2) is 18.4 Å². The van der Waals surface area contributed by atoms with Crippen LogP contribution in [0.4, 0.5) is 8.78 Å². The summed E-state index contributed by atoms with van der Waals surface area (Å²) in [5.74, 6) is -1.19. The monoisotopic (exact) mass is 427 g/mol. The molecule has 3 aromatic rings. The second-order valence-electron chi connectivity index (χ2n) is 5.17. The highest BCUT2D eigenvalue weighted by atomic mass is 79.9. The van der Waals surface area contributed by atoms with Crippen molar-refractivity contribution >= 4 is 27.3 Å². The Labute approximate surface area is 154 Å². The molecule has 5 nitrogen and oxygen atoms in total. The van der Waals surface area contributed by atoms with E-state index in [2.05, 4.69) is 26.0 Å². The summed E-state index contributed by atoms with van der Waals surface area (Å²) in [6.07, 6.45) is 1.37. The Balaban J connectivity index is 1.77. The Hall–Kier alpha value is -2.13. The largest absolute Gasteiger partial charge is 0.486 e. The summed E-state index contributed by atoms with van der Waals surface area (Å²) < 4.78 is 33.4. The predicted octanol–water partition coefficient (Wildman–Crippen LogP) is 3.68. The number of nitrogens with zero attached hydrogens (tertiary/aromatic N) is 3. The van der Waals surface area contributed by atoms with Crippen LogP contribution in [0.2, 0.25) is 0 Å². The first-order valence-corrected chi connectivity index (χ1v) is 8.84. The van der Waals surface area contributed by atoms with E-state index in [-0.39, 0.29) is 34.5 Å². The van der Waals surface area contributed by atoms with Gasteiger partial charge in [-0.15, -0.1) is 11.3 Å². The van der Waals surface area contributed by atoms with Crippen LogP contribution in [0.1, 0.15) is 16.3 Å². The molecular formula is C16H12BrF2N3O2S. The maximum absolute atomic E-state index is 13.6. The second kappa shape index (κ2) is 7.40. The maximum atomic E-state index is 13.6. The van der Waals surface area contributed by atoms with E-state index in [1.54, 1.807) is 0 Å². The third kappa shape index (κ3) is 4.10. The number of halogens is 3. The molecule has 0 spiro atoms. The maximum Gasteiger partial charge on any atom is 0.285 e. The van der Waals surface area contributed by atoms with Crippen molar-refractivity contribution in [2.24, 2.45) is 0 Å². The molecule has 1 aromatic carbocycles. The molecule has 25 heavy (non-hydrogen) atoms.